The number of hydrogen-bond donors (Lipinski definition) is 0. The third kappa shape index (κ3) is 5.70. The number of anilines is 1. The Morgan fingerprint density at radius 1 is 1.05 bits per heavy atom. The van der Waals surface area contributed by atoms with Gasteiger partial charge in [-0.2, -0.15) is 14.1 Å². The van der Waals surface area contributed by atoms with Crippen LogP contribution in [-0.4, -0.2) is 60.5 Å². The first kappa shape index (κ1) is 25.4. The van der Waals surface area contributed by atoms with Crippen LogP contribution >= 0.6 is 0 Å². The smallest absolute Gasteiger partial charge is 0.316 e. The Morgan fingerprint density at radius 3 is 2.51 bits per heavy atom. The molecule has 0 N–H and O–H groups in total. The average molecular weight is 527 g/mol. The van der Waals surface area contributed by atoms with Gasteiger partial charge in [0.25, 0.3) is 0 Å². The summed E-state index contributed by atoms with van der Waals surface area (Å²) in [6.45, 7) is 1.06. The fourth-order valence-electron chi connectivity index (χ4n) is 5.28. The second-order valence-electron chi connectivity index (χ2n) is 9.74. The SMILES string of the molecule is CS(=O)(=O)N1CCN(c2cnn(-c3cccc(F)c3)c(=O)c2OC2CCCC2)C[C@@H]1Cc1ccccc1. The monoisotopic (exact) mass is 526 g/mol. The first-order chi connectivity index (χ1) is 17.8. The Kier molecular flexibility index (Phi) is 7.30. The summed E-state index contributed by atoms with van der Waals surface area (Å²) < 4.78 is 48.1. The van der Waals surface area contributed by atoms with E-state index in [9.17, 15) is 17.6 Å². The van der Waals surface area contributed by atoms with Crippen molar-refractivity contribution in [2.45, 2.75) is 44.2 Å². The second kappa shape index (κ2) is 10.6. The number of hydrogen-bond acceptors (Lipinski definition) is 6. The van der Waals surface area contributed by atoms with Gasteiger partial charge in [0.15, 0.2) is 0 Å². The topological polar surface area (TPSA) is 84.7 Å². The highest BCUT2D eigenvalue weighted by Crippen LogP contribution is 2.32. The molecule has 0 unspecified atom stereocenters. The summed E-state index contributed by atoms with van der Waals surface area (Å²) in [7, 11) is -3.43. The van der Waals surface area contributed by atoms with E-state index in [2.05, 4.69) is 5.10 Å². The number of nitrogens with zero attached hydrogens (tertiary/aromatic N) is 4. The molecule has 5 rings (SSSR count). The fraction of sp³-hybridized carbons (Fsp3) is 0.407. The molecule has 1 saturated carbocycles. The van der Waals surface area contributed by atoms with Gasteiger partial charge in [0.05, 0.1) is 24.2 Å². The van der Waals surface area contributed by atoms with Crippen molar-refractivity contribution in [3.05, 3.63) is 82.5 Å². The zero-order valence-electron chi connectivity index (χ0n) is 20.8. The van der Waals surface area contributed by atoms with Gasteiger partial charge in [-0.05, 0) is 55.9 Å². The molecule has 1 aliphatic heterocycles. The van der Waals surface area contributed by atoms with Gasteiger partial charge in [0, 0.05) is 25.7 Å². The Labute approximate surface area is 216 Å². The third-order valence-corrected chi connectivity index (χ3v) is 8.40. The van der Waals surface area contributed by atoms with Crippen molar-refractivity contribution in [2.24, 2.45) is 0 Å². The fourth-order valence-corrected chi connectivity index (χ4v) is 6.37. The van der Waals surface area contributed by atoms with Gasteiger partial charge >= 0.3 is 5.56 Å². The number of sulfonamides is 1. The molecule has 196 valence electrons. The van der Waals surface area contributed by atoms with E-state index < -0.39 is 21.4 Å². The maximum Gasteiger partial charge on any atom is 0.316 e. The molecule has 1 atom stereocenters. The van der Waals surface area contributed by atoms with Gasteiger partial charge in [-0.25, -0.2) is 12.8 Å². The summed E-state index contributed by atoms with van der Waals surface area (Å²) in [6, 6.07) is 15.2. The number of halogens is 1. The summed E-state index contributed by atoms with van der Waals surface area (Å²) in [5.41, 5.74) is 1.43. The van der Waals surface area contributed by atoms with Crippen molar-refractivity contribution < 1.29 is 17.5 Å². The average Bonchev–Trinajstić information content (AvgIpc) is 3.38. The Hall–Kier alpha value is -3.24. The van der Waals surface area contributed by atoms with E-state index in [1.807, 2.05) is 35.2 Å². The van der Waals surface area contributed by atoms with Crippen LogP contribution in [0.15, 0.2) is 65.6 Å². The van der Waals surface area contributed by atoms with E-state index >= 15 is 0 Å². The number of benzene rings is 2. The van der Waals surface area contributed by atoms with E-state index in [0.29, 0.717) is 30.9 Å². The molecule has 10 heteroatoms. The normalized spacial score (nSPS) is 19.3. The van der Waals surface area contributed by atoms with E-state index in [1.165, 1.54) is 28.8 Å². The molecular formula is C27H31FN4O4S. The summed E-state index contributed by atoms with van der Waals surface area (Å²) in [6.07, 6.45) is 7.07. The highest BCUT2D eigenvalue weighted by molar-refractivity contribution is 7.88. The molecule has 3 aromatic rings. The van der Waals surface area contributed by atoms with Gasteiger partial charge in [-0.1, -0.05) is 36.4 Å². The quantitative estimate of drug-likeness (QED) is 0.469. The molecule has 8 nitrogen and oxygen atoms in total. The van der Waals surface area contributed by atoms with Crippen LogP contribution in [0.2, 0.25) is 0 Å². The van der Waals surface area contributed by atoms with Gasteiger partial charge < -0.3 is 9.64 Å². The molecule has 2 heterocycles. The van der Waals surface area contributed by atoms with E-state index in [-0.39, 0.29) is 24.4 Å². The van der Waals surface area contributed by atoms with Crippen molar-refractivity contribution >= 4 is 15.7 Å². The first-order valence-electron chi connectivity index (χ1n) is 12.6. The molecular weight excluding hydrogens is 495 g/mol. The van der Waals surface area contributed by atoms with Crippen LogP contribution in [0, 0.1) is 5.82 Å². The van der Waals surface area contributed by atoms with Crippen molar-refractivity contribution in [3.8, 4) is 11.4 Å². The van der Waals surface area contributed by atoms with Crippen LogP contribution in [0.4, 0.5) is 10.1 Å². The summed E-state index contributed by atoms with van der Waals surface area (Å²) >= 11 is 0. The first-order valence-corrected chi connectivity index (χ1v) is 14.4. The third-order valence-electron chi connectivity index (χ3n) is 7.06. The zero-order valence-corrected chi connectivity index (χ0v) is 21.6. The minimum atomic E-state index is -3.43. The lowest BCUT2D eigenvalue weighted by Crippen LogP contribution is -2.56. The van der Waals surface area contributed by atoms with Crippen molar-refractivity contribution in [3.63, 3.8) is 0 Å². The molecule has 2 fully saturated rings. The summed E-state index contributed by atoms with van der Waals surface area (Å²) in [4.78, 5) is 15.6. The lowest BCUT2D eigenvalue weighted by atomic mass is 10.0. The van der Waals surface area contributed by atoms with E-state index in [1.54, 1.807) is 12.3 Å². The highest BCUT2D eigenvalue weighted by Gasteiger charge is 2.35. The standard InChI is InChI=1S/C27H31FN4O4S/c1-37(34,35)31-15-14-30(19-23(31)16-20-8-3-2-4-9-20)25-18-29-32(22-11-7-10-21(28)17-22)27(33)26(25)36-24-12-5-6-13-24/h2-4,7-11,17-18,23-24H,5-6,12-16,19H2,1H3/t23-/m0/s1. The molecule has 37 heavy (non-hydrogen) atoms. The number of aromatic nitrogens is 2. The Morgan fingerprint density at radius 2 is 1.81 bits per heavy atom. The predicted octanol–water partition coefficient (Wildman–Crippen LogP) is 3.39. The van der Waals surface area contributed by atoms with E-state index in [0.717, 1.165) is 35.9 Å². The molecule has 2 aliphatic rings. The summed E-state index contributed by atoms with van der Waals surface area (Å²) in [5, 5.41) is 4.36. The molecule has 1 aromatic heterocycles. The minimum absolute atomic E-state index is 0.0766. The highest BCUT2D eigenvalue weighted by atomic mass is 32.2. The lowest BCUT2D eigenvalue weighted by molar-refractivity contribution is 0.205. The Bertz CT molecular complexity index is 1410. The van der Waals surface area contributed by atoms with Gasteiger partial charge in [0.2, 0.25) is 15.8 Å². The van der Waals surface area contributed by atoms with E-state index in [4.69, 9.17) is 4.74 Å². The van der Waals surface area contributed by atoms with Crippen LogP contribution in [0.3, 0.4) is 0 Å². The van der Waals surface area contributed by atoms with Gasteiger partial charge in [-0.3, -0.25) is 4.79 Å². The van der Waals surface area contributed by atoms with Crippen LogP contribution in [0.25, 0.3) is 5.69 Å². The summed E-state index contributed by atoms with van der Waals surface area (Å²) in [5.74, 6) is -0.286. The van der Waals surface area contributed by atoms with Crippen LogP contribution < -0.4 is 15.2 Å². The lowest BCUT2D eigenvalue weighted by Gasteiger charge is -2.41. The largest absolute Gasteiger partial charge is 0.483 e. The van der Waals surface area contributed by atoms with Crippen molar-refractivity contribution in [1.29, 1.82) is 0 Å². The number of rotatable bonds is 7. The minimum Gasteiger partial charge on any atom is -0.483 e. The van der Waals surface area contributed by atoms with Crippen LogP contribution in [0.5, 0.6) is 5.75 Å². The molecule has 2 aromatic carbocycles. The maximum absolute atomic E-state index is 13.9. The molecule has 0 amide bonds. The number of ether oxygens (including phenoxy) is 1. The zero-order chi connectivity index (χ0) is 26.0. The molecule has 1 aliphatic carbocycles. The second-order valence-corrected chi connectivity index (χ2v) is 11.7. The van der Waals surface area contributed by atoms with Crippen LogP contribution in [-0.2, 0) is 16.4 Å². The number of piperazine rings is 1. The van der Waals surface area contributed by atoms with Crippen molar-refractivity contribution in [1.82, 2.24) is 14.1 Å². The molecule has 0 spiro atoms. The van der Waals surface area contributed by atoms with Gasteiger partial charge in [0.1, 0.15) is 11.5 Å². The van der Waals surface area contributed by atoms with Gasteiger partial charge in [-0.15, -0.1) is 0 Å². The molecule has 0 bridgehead atoms. The molecule has 1 saturated heterocycles. The molecule has 0 radical (unpaired) electrons. The maximum atomic E-state index is 13.9. The Balaban J connectivity index is 1.52. The predicted molar refractivity (Wildman–Crippen MR) is 140 cm³/mol. The van der Waals surface area contributed by atoms with Crippen LogP contribution in [0.1, 0.15) is 31.2 Å². The van der Waals surface area contributed by atoms with Crippen molar-refractivity contribution in [2.75, 3.05) is 30.8 Å².